The first-order valence-corrected chi connectivity index (χ1v) is 5.34. The number of rotatable bonds is 4. The zero-order valence-corrected chi connectivity index (χ0v) is 9.56. The van der Waals surface area contributed by atoms with Crippen molar-refractivity contribution in [2.45, 2.75) is 5.60 Å². The quantitative estimate of drug-likeness (QED) is 0.619. The first-order chi connectivity index (χ1) is 8.13. The van der Waals surface area contributed by atoms with Gasteiger partial charge in [-0.3, -0.25) is 0 Å². The average Bonchev–Trinajstić information content (AvgIpc) is 2.33. The molecular weight excluding hydrogens is 222 g/mol. The maximum atomic E-state index is 11.3. The minimum absolute atomic E-state index is 0.247. The summed E-state index contributed by atoms with van der Waals surface area (Å²) >= 11 is 0. The minimum Gasteiger partial charge on any atom is -0.464 e. The van der Waals surface area contributed by atoms with Crippen LogP contribution >= 0.6 is 0 Å². The van der Waals surface area contributed by atoms with Gasteiger partial charge in [-0.15, -0.1) is 0 Å². The summed E-state index contributed by atoms with van der Waals surface area (Å²) in [6.07, 6.45) is 1.53. The molecule has 17 heavy (non-hydrogen) atoms. The number of esters is 1. The molecule has 2 heterocycles. The summed E-state index contributed by atoms with van der Waals surface area (Å²) in [7, 11) is 1.31. The van der Waals surface area contributed by atoms with Crippen molar-refractivity contribution in [2.75, 3.05) is 32.1 Å². The van der Waals surface area contributed by atoms with Gasteiger partial charge in [0.25, 0.3) is 0 Å². The lowest BCUT2D eigenvalue weighted by Crippen LogP contribution is -2.63. The van der Waals surface area contributed by atoms with Gasteiger partial charge in [0, 0.05) is 31.5 Å². The van der Waals surface area contributed by atoms with Crippen LogP contribution in [0.1, 0.15) is 10.5 Å². The van der Waals surface area contributed by atoms with Crippen LogP contribution in [-0.2, 0) is 4.74 Å². The number of aromatic nitrogens is 1. The van der Waals surface area contributed by atoms with Crippen LogP contribution in [0.15, 0.2) is 18.3 Å². The number of carbonyl (C=O) groups excluding carboxylic acids is 1. The SMILES string of the molecule is COC(=O)c1cc(NCC2(O)CNC2)ccn1. The molecule has 0 atom stereocenters. The molecule has 0 saturated carbocycles. The van der Waals surface area contributed by atoms with Crippen molar-refractivity contribution < 1.29 is 14.6 Å². The molecule has 1 aliphatic rings. The lowest BCUT2D eigenvalue weighted by Gasteiger charge is -2.37. The first-order valence-electron chi connectivity index (χ1n) is 5.34. The summed E-state index contributed by atoms with van der Waals surface area (Å²) < 4.78 is 4.58. The molecule has 0 aromatic carbocycles. The van der Waals surface area contributed by atoms with E-state index in [1.165, 1.54) is 13.3 Å². The number of aliphatic hydroxyl groups is 1. The molecule has 3 N–H and O–H groups in total. The lowest BCUT2D eigenvalue weighted by molar-refractivity contribution is 0.00313. The molecule has 2 rings (SSSR count). The third kappa shape index (κ3) is 2.72. The molecule has 1 fully saturated rings. The number of hydrogen-bond donors (Lipinski definition) is 3. The Bertz CT molecular complexity index is 418. The highest BCUT2D eigenvalue weighted by Crippen LogP contribution is 2.14. The van der Waals surface area contributed by atoms with Crippen LogP contribution < -0.4 is 10.6 Å². The third-order valence-electron chi connectivity index (χ3n) is 2.68. The number of β-amino-alcohol motifs (C(OH)–C–C–N with tert-alkyl or cyclic N) is 1. The number of nitrogens with one attached hydrogen (secondary N) is 2. The highest BCUT2D eigenvalue weighted by atomic mass is 16.5. The summed E-state index contributed by atoms with van der Waals surface area (Å²) in [6.45, 7) is 1.59. The van der Waals surface area contributed by atoms with Crippen LogP contribution in [0, 0.1) is 0 Å². The molecule has 6 heteroatoms. The second kappa shape index (κ2) is 4.68. The van der Waals surface area contributed by atoms with Gasteiger partial charge in [-0.1, -0.05) is 0 Å². The Balaban J connectivity index is 1.98. The summed E-state index contributed by atoms with van der Waals surface area (Å²) in [4.78, 5) is 15.2. The summed E-state index contributed by atoms with van der Waals surface area (Å²) in [5, 5.41) is 15.9. The predicted octanol–water partition coefficient (Wildman–Crippen LogP) is -0.386. The van der Waals surface area contributed by atoms with Crippen molar-refractivity contribution in [3.05, 3.63) is 24.0 Å². The van der Waals surface area contributed by atoms with E-state index in [4.69, 9.17) is 0 Å². The molecule has 0 unspecified atom stereocenters. The number of pyridine rings is 1. The van der Waals surface area contributed by atoms with Gasteiger partial charge < -0.3 is 20.5 Å². The smallest absolute Gasteiger partial charge is 0.356 e. The van der Waals surface area contributed by atoms with Crippen LogP contribution in [0.25, 0.3) is 0 Å². The maximum Gasteiger partial charge on any atom is 0.356 e. The fourth-order valence-electron chi connectivity index (χ4n) is 1.56. The molecule has 0 spiro atoms. The van der Waals surface area contributed by atoms with Gasteiger partial charge in [-0.25, -0.2) is 9.78 Å². The van der Waals surface area contributed by atoms with E-state index < -0.39 is 11.6 Å². The van der Waals surface area contributed by atoms with E-state index in [1.807, 2.05) is 0 Å². The van der Waals surface area contributed by atoms with E-state index in [-0.39, 0.29) is 5.69 Å². The summed E-state index contributed by atoms with van der Waals surface area (Å²) in [5.41, 5.74) is 0.284. The molecule has 1 saturated heterocycles. The van der Waals surface area contributed by atoms with Gasteiger partial charge in [0.2, 0.25) is 0 Å². The molecule has 92 valence electrons. The second-order valence-corrected chi connectivity index (χ2v) is 4.10. The summed E-state index contributed by atoms with van der Waals surface area (Å²) in [6, 6.07) is 3.34. The van der Waals surface area contributed by atoms with E-state index in [1.54, 1.807) is 12.1 Å². The molecule has 1 aliphatic heterocycles. The number of hydrogen-bond acceptors (Lipinski definition) is 6. The number of carbonyl (C=O) groups is 1. The Morgan fingerprint density at radius 2 is 2.47 bits per heavy atom. The molecule has 0 bridgehead atoms. The Hall–Kier alpha value is -1.66. The van der Waals surface area contributed by atoms with Crippen molar-refractivity contribution >= 4 is 11.7 Å². The normalized spacial score (nSPS) is 17.1. The Labute approximate surface area is 99.0 Å². The maximum absolute atomic E-state index is 11.3. The van der Waals surface area contributed by atoms with Crippen LogP contribution in [0.5, 0.6) is 0 Å². The monoisotopic (exact) mass is 237 g/mol. The van der Waals surface area contributed by atoms with Crippen molar-refractivity contribution in [1.82, 2.24) is 10.3 Å². The molecule has 0 radical (unpaired) electrons. The first kappa shape index (κ1) is 11.8. The van der Waals surface area contributed by atoms with E-state index in [9.17, 15) is 9.90 Å². The molecule has 1 aromatic rings. The Morgan fingerprint density at radius 3 is 3.06 bits per heavy atom. The van der Waals surface area contributed by atoms with Gasteiger partial charge in [0.05, 0.1) is 7.11 Å². The van der Waals surface area contributed by atoms with Gasteiger partial charge in [-0.2, -0.15) is 0 Å². The third-order valence-corrected chi connectivity index (χ3v) is 2.68. The highest BCUT2D eigenvalue weighted by Gasteiger charge is 2.33. The standard InChI is InChI=1S/C11H15N3O3/c1-17-10(15)9-4-8(2-3-13-9)14-7-11(16)5-12-6-11/h2-4,12,16H,5-7H2,1H3,(H,13,14). The highest BCUT2D eigenvalue weighted by molar-refractivity contribution is 5.88. The van der Waals surface area contributed by atoms with Gasteiger partial charge in [-0.05, 0) is 12.1 Å². The van der Waals surface area contributed by atoms with Gasteiger partial charge >= 0.3 is 5.97 Å². The van der Waals surface area contributed by atoms with Crippen LogP contribution in [0.3, 0.4) is 0 Å². The largest absolute Gasteiger partial charge is 0.464 e. The zero-order chi connectivity index (χ0) is 12.3. The van der Waals surface area contributed by atoms with E-state index >= 15 is 0 Å². The molecule has 0 amide bonds. The fourth-order valence-corrected chi connectivity index (χ4v) is 1.56. The molecular formula is C11H15N3O3. The number of nitrogens with zero attached hydrogens (tertiary/aromatic N) is 1. The second-order valence-electron chi connectivity index (χ2n) is 4.10. The molecule has 1 aromatic heterocycles. The van der Waals surface area contributed by atoms with Gasteiger partial charge in [0.1, 0.15) is 11.3 Å². The summed E-state index contributed by atoms with van der Waals surface area (Å²) in [5.74, 6) is -0.474. The van der Waals surface area contributed by atoms with E-state index in [0.717, 1.165) is 5.69 Å². The molecule has 0 aliphatic carbocycles. The Morgan fingerprint density at radius 1 is 1.71 bits per heavy atom. The predicted molar refractivity (Wildman–Crippen MR) is 61.9 cm³/mol. The van der Waals surface area contributed by atoms with Crippen LogP contribution in [0.2, 0.25) is 0 Å². The van der Waals surface area contributed by atoms with Crippen LogP contribution in [-0.4, -0.2) is 48.4 Å². The number of methoxy groups -OCH3 is 1. The van der Waals surface area contributed by atoms with Crippen molar-refractivity contribution in [3.63, 3.8) is 0 Å². The molecule has 6 nitrogen and oxygen atoms in total. The minimum atomic E-state index is -0.700. The average molecular weight is 237 g/mol. The van der Waals surface area contributed by atoms with Gasteiger partial charge in [0.15, 0.2) is 0 Å². The zero-order valence-electron chi connectivity index (χ0n) is 9.56. The number of anilines is 1. The van der Waals surface area contributed by atoms with Crippen molar-refractivity contribution in [1.29, 1.82) is 0 Å². The van der Waals surface area contributed by atoms with E-state index in [2.05, 4.69) is 20.4 Å². The number of ether oxygens (including phenoxy) is 1. The fraction of sp³-hybridized carbons (Fsp3) is 0.455. The van der Waals surface area contributed by atoms with Crippen molar-refractivity contribution in [2.24, 2.45) is 0 Å². The topological polar surface area (TPSA) is 83.5 Å². The lowest BCUT2D eigenvalue weighted by atomic mass is 9.97. The van der Waals surface area contributed by atoms with E-state index in [0.29, 0.717) is 19.6 Å². The van der Waals surface area contributed by atoms with Crippen LogP contribution in [0.4, 0.5) is 5.69 Å². The Kier molecular flexibility index (Phi) is 3.26. The van der Waals surface area contributed by atoms with Crippen molar-refractivity contribution in [3.8, 4) is 0 Å².